The predicted molar refractivity (Wildman–Crippen MR) is 72.5 cm³/mol. The Kier molecular flexibility index (Phi) is 6.78. The van der Waals surface area contributed by atoms with Gasteiger partial charge in [0.15, 0.2) is 0 Å². The van der Waals surface area contributed by atoms with Crippen LogP contribution in [0.5, 0.6) is 0 Å². The van der Waals surface area contributed by atoms with Crippen LogP contribution in [0.15, 0.2) is 30.3 Å². The van der Waals surface area contributed by atoms with Crippen LogP contribution in [0.4, 0.5) is 0 Å². The number of nitrogens with zero attached hydrogens (tertiary/aromatic N) is 2. The van der Waals surface area contributed by atoms with E-state index in [4.69, 9.17) is 5.11 Å². The van der Waals surface area contributed by atoms with Crippen molar-refractivity contribution in [1.82, 2.24) is 9.80 Å². The maximum atomic E-state index is 11.9. The van der Waals surface area contributed by atoms with Crippen LogP contribution in [-0.2, 0) is 16.1 Å². The fraction of sp³-hybridized carbons (Fsp3) is 0.429. The summed E-state index contributed by atoms with van der Waals surface area (Å²) in [6.07, 6.45) is 0.671. The molecular formula is C14H20N2O3. The van der Waals surface area contributed by atoms with E-state index in [9.17, 15) is 9.59 Å². The molecule has 1 aromatic rings. The van der Waals surface area contributed by atoms with Gasteiger partial charge in [0.1, 0.15) is 6.29 Å². The number of aliphatic hydroxyl groups is 1. The molecule has 0 fully saturated rings. The Balaban J connectivity index is 2.48. The molecule has 0 atom stereocenters. The summed E-state index contributed by atoms with van der Waals surface area (Å²) in [5.41, 5.74) is 1.13. The number of benzene rings is 1. The molecule has 1 amide bonds. The van der Waals surface area contributed by atoms with E-state index in [1.807, 2.05) is 42.3 Å². The van der Waals surface area contributed by atoms with Crippen molar-refractivity contribution in [3.8, 4) is 0 Å². The van der Waals surface area contributed by atoms with Crippen molar-refractivity contribution in [2.45, 2.75) is 6.54 Å². The van der Waals surface area contributed by atoms with Gasteiger partial charge in [-0.25, -0.2) is 0 Å². The molecule has 0 spiro atoms. The van der Waals surface area contributed by atoms with Crippen molar-refractivity contribution in [1.29, 1.82) is 0 Å². The summed E-state index contributed by atoms with van der Waals surface area (Å²) in [4.78, 5) is 25.7. The van der Waals surface area contributed by atoms with E-state index < -0.39 is 0 Å². The number of aldehydes is 1. The van der Waals surface area contributed by atoms with Gasteiger partial charge < -0.3 is 14.8 Å². The van der Waals surface area contributed by atoms with Crippen LogP contribution in [0.2, 0.25) is 0 Å². The Morgan fingerprint density at radius 2 is 2.00 bits per heavy atom. The Bertz CT molecular complexity index is 395. The lowest BCUT2D eigenvalue weighted by Crippen LogP contribution is -2.41. The lowest BCUT2D eigenvalue weighted by molar-refractivity contribution is -0.134. The van der Waals surface area contributed by atoms with Gasteiger partial charge in [0, 0.05) is 13.1 Å². The van der Waals surface area contributed by atoms with Crippen LogP contribution in [0.3, 0.4) is 0 Å². The van der Waals surface area contributed by atoms with E-state index in [1.54, 1.807) is 0 Å². The minimum Gasteiger partial charge on any atom is -0.395 e. The highest BCUT2D eigenvalue weighted by molar-refractivity contribution is 5.80. The smallest absolute Gasteiger partial charge is 0.237 e. The lowest BCUT2D eigenvalue weighted by Gasteiger charge is -2.23. The number of likely N-dealkylation sites (N-methyl/N-ethyl adjacent to an activating group) is 1. The summed E-state index contributed by atoms with van der Waals surface area (Å²) in [5, 5.41) is 8.86. The topological polar surface area (TPSA) is 60.9 Å². The summed E-state index contributed by atoms with van der Waals surface area (Å²) in [7, 11) is 1.85. The number of rotatable bonds is 8. The highest BCUT2D eigenvalue weighted by Gasteiger charge is 2.14. The molecule has 1 rings (SSSR count). The molecule has 0 radical (unpaired) electrons. The number of carbonyl (C=O) groups is 2. The largest absolute Gasteiger partial charge is 0.395 e. The van der Waals surface area contributed by atoms with E-state index in [1.165, 1.54) is 4.90 Å². The first-order valence-corrected chi connectivity index (χ1v) is 6.22. The van der Waals surface area contributed by atoms with Crippen molar-refractivity contribution < 1.29 is 14.7 Å². The van der Waals surface area contributed by atoms with Crippen molar-refractivity contribution in [3.05, 3.63) is 35.9 Å². The SMILES string of the molecule is CN(CC(=O)N(CC=O)CCO)Cc1ccccc1. The summed E-state index contributed by atoms with van der Waals surface area (Å²) < 4.78 is 0. The van der Waals surface area contributed by atoms with Gasteiger partial charge in [0.05, 0.1) is 19.7 Å². The first-order valence-electron chi connectivity index (χ1n) is 6.22. The summed E-state index contributed by atoms with van der Waals surface area (Å²) in [6.45, 7) is 0.973. The molecule has 0 aliphatic rings. The first-order chi connectivity index (χ1) is 9.17. The number of amides is 1. The van der Waals surface area contributed by atoms with E-state index in [0.717, 1.165) is 5.56 Å². The van der Waals surface area contributed by atoms with E-state index >= 15 is 0 Å². The molecule has 0 aromatic heterocycles. The Morgan fingerprint density at radius 3 is 2.58 bits per heavy atom. The highest BCUT2D eigenvalue weighted by atomic mass is 16.3. The minimum absolute atomic E-state index is 0.0264. The Labute approximate surface area is 113 Å². The van der Waals surface area contributed by atoms with Gasteiger partial charge in [-0.3, -0.25) is 9.69 Å². The third kappa shape index (κ3) is 5.63. The van der Waals surface area contributed by atoms with Gasteiger partial charge in [0.25, 0.3) is 0 Å². The van der Waals surface area contributed by atoms with Crippen LogP contribution >= 0.6 is 0 Å². The van der Waals surface area contributed by atoms with Crippen molar-refractivity contribution >= 4 is 12.2 Å². The summed E-state index contributed by atoms with van der Waals surface area (Å²) in [6, 6.07) is 9.85. The molecule has 5 nitrogen and oxygen atoms in total. The van der Waals surface area contributed by atoms with Crippen molar-refractivity contribution in [2.24, 2.45) is 0 Å². The average Bonchev–Trinajstić information content (AvgIpc) is 2.39. The summed E-state index contributed by atoms with van der Waals surface area (Å²) in [5.74, 6) is -0.153. The van der Waals surface area contributed by atoms with Crippen molar-refractivity contribution in [3.63, 3.8) is 0 Å². The number of aliphatic hydroxyl groups excluding tert-OH is 1. The molecule has 0 aliphatic carbocycles. The molecule has 0 saturated carbocycles. The van der Waals surface area contributed by atoms with E-state index in [-0.39, 0.29) is 32.1 Å². The second kappa shape index (κ2) is 8.39. The maximum Gasteiger partial charge on any atom is 0.237 e. The van der Waals surface area contributed by atoms with Gasteiger partial charge >= 0.3 is 0 Å². The second-order valence-corrected chi connectivity index (χ2v) is 4.39. The fourth-order valence-electron chi connectivity index (χ4n) is 1.81. The Morgan fingerprint density at radius 1 is 1.32 bits per heavy atom. The molecule has 0 bridgehead atoms. The fourth-order valence-corrected chi connectivity index (χ4v) is 1.81. The van der Waals surface area contributed by atoms with Crippen LogP contribution in [0, 0.1) is 0 Å². The third-order valence-electron chi connectivity index (χ3n) is 2.72. The summed E-state index contributed by atoms with van der Waals surface area (Å²) >= 11 is 0. The number of hydrogen-bond acceptors (Lipinski definition) is 4. The minimum atomic E-state index is -0.153. The lowest BCUT2D eigenvalue weighted by atomic mass is 10.2. The zero-order valence-electron chi connectivity index (χ0n) is 11.2. The number of hydrogen-bond donors (Lipinski definition) is 1. The molecular weight excluding hydrogens is 244 g/mol. The zero-order valence-corrected chi connectivity index (χ0v) is 11.2. The molecule has 0 heterocycles. The molecule has 19 heavy (non-hydrogen) atoms. The van der Waals surface area contributed by atoms with Gasteiger partial charge in [-0.15, -0.1) is 0 Å². The standard InChI is InChI=1S/C14H20N2O3/c1-15(11-13-5-3-2-4-6-13)12-14(19)16(7-9-17)8-10-18/h2-6,9,18H,7-8,10-12H2,1H3. The third-order valence-corrected chi connectivity index (χ3v) is 2.72. The van der Waals surface area contributed by atoms with Crippen molar-refractivity contribution in [2.75, 3.05) is 33.3 Å². The molecule has 1 aromatic carbocycles. The first kappa shape index (κ1) is 15.3. The molecule has 5 heteroatoms. The average molecular weight is 264 g/mol. The highest BCUT2D eigenvalue weighted by Crippen LogP contribution is 2.03. The van der Waals surface area contributed by atoms with E-state index in [2.05, 4.69) is 0 Å². The van der Waals surface area contributed by atoms with Gasteiger partial charge in [-0.1, -0.05) is 30.3 Å². The normalized spacial score (nSPS) is 10.5. The molecule has 1 N–H and O–H groups in total. The molecule has 0 unspecified atom stereocenters. The van der Waals surface area contributed by atoms with Crippen LogP contribution in [0.1, 0.15) is 5.56 Å². The van der Waals surface area contributed by atoms with Gasteiger partial charge in [-0.2, -0.15) is 0 Å². The predicted octanol–water partition coefficient (Wildman–Crippen LogP) is 0.138. The molecule has 104 valence electrons. The monoisotopic (exact) mass is 264 g/mol. The molecule has 0 aliphatic heterocycles. The molecule has 0 saturated heterocycles. The maximum absolute atomic E-state index is 11.9. The van der Waals surface area contributed by atoms with Crippen LogP contribution < -0.4 is 0 Å². The van der Waals surface area contributed by atoms with Crippen LogP contribution in [-0.4, -0.2) is 60.4 Å². The Hall–Kier alpha value is -1.72. The quantitative estimate of drug-likeness (QED) is 0.678. The van der Waals surface area contributed by atoms with Crippen LogP contribution in [0.25, 0.3) is 0 Å². The number of carbonyl (C=O) groups excluding carboxylic acids is 2. The van der Waals surface area contributed by atoms with Gasteiger partial charge in [0.2, 0.25) is 5.91 Å². The zero-order chi connectivity index (χ0) is 14.1. The second-order valence-electron chi connectivity index (χ2n) is 4.39. The van der Waals surface area contributed by atoms with E-state index in [0.29, 0.717) is 12.8 Å². The van der Waals surface area contributed by atoms with Gasteiger partial charge in [-0.05, 0) is 12.6 Å².